The van der Waals surface area contributed by atoms with Crippen molar-refractivity contribution in [2.24, 2.45) is 0 Å². The van der Waals surface area contributed by atoms with Gasteiger partial charge in [0.1, 0.15) is 11.6 Å². The normalized spacial score (nSPS) is 10.2. The first-order valence-corrected chi connectivity index (χ1v) is 5.61. The van der Waals surface area contributed by atoms with E-state index in [-0.39, 0.29) is 5.95 Å². The number of aryl methyl sites for hydroxylation is 2. The first-order chi connectivity index (χ1) is 8.60. The minimum atomic E-state index is 0.245. The third kappa shape index (κ3) is 2.51. The highest BCUT2D eigenvalue weighted by atomic mass is 16.5. The van der Waals surface area contributed by atoms with E-state index in [2.05, 4.69) is 15.3 Å². The number of hydrogen-bond acceptors (Lipinski definition) is 5. The Morgan fingerprint density at radius 2 is 2.06 bits per heavy atom. The average molecular weight is 244 g/mol. The number of nitrogens with one attached hydrogen (secondary N) is 1. The van der Waals surface area contributed by atoms with Crippen LogP contribution in [-0.4, -0.2) is 17.1 Å². The van der Waals surface area contributed by atoms with Crippen molar-refractivity contribution < 1.29 is 4.74 Å². The van der Waals surface area contributed by atoms with Crippen LogP contribution < -0.4 is 15.8 Å². The summed E-state index contributed by atoms with van der Waals surface area (Å²) >= 11 is 0. The Hall–Kier alpha value is -2.30. The second-order valence-electron chi connectivity index (χ2n) is 4.09. The van der Waals surface area contributed by atoms with Crippen molar-refractivity contribution in [2.75, 3.05) is 18.2 Å². The summed E-state index contributed by atoms with van der Waals surface area (Å²) in [6.07, 6.45) is 1.69. The molecule has 0 radical (unpaired) electrons. The summed E-state index contributed by atoms with van der Waals surface area (Å²) in [5, 5.41) is 3.22. The van der Waals surface area contributed by atoms with Crippen LogP contribution in [0.1, 0.15) is 11.1 Å². The van der Waals surface area contributed by atoms with Crippen molar-refractivity contribution in [3.8, 4) is 5.75 Å². The average Bonchev–Trinajstić information content (AvgIpc) is 2.34. The van der Waals surface area contributed by atoms with Crippen LogP contribution >= 0.6 is 0 Å². The molecule has 0 bridgehead atoms. The van der Waals surface area contributed by atoms with Gasteiger partial charge < -0.3 is 15.8 Å². The predicted octanol–water partition coefficient (Wildman–Crippen LogP) is 2.43. The molecule has 0 unspecified atom stereocenters. The Bertz CT molecular complexity index is 569. The zero-order chi connectivity index (χ0) is 13.1. The van der Waals surface area contributed by atoms with E-state index in [0.717, 1.165) is 22.6 Å². The molecule has 0 aliphatic rings. The largest absolute Gasteiger partial charge is 0.495 e. The summed E-state index contributed by atoms with van der Waals surface area (Å²) in [6, 6.07) is 5.90. The van der Waals surface area contributed by atoms with Crippen LogP contribution in [0.4, 0.5) is 17.5 Å². The topological polar surface area (TPSA) is 73.1 Å². The number of nitrogen functional groups attached to an aromatic ring is 1. The number of ether oxygens (including phenoxy) is 1. The highest BCUT2D eigenvalue weighted by Crippen LogP contribution is 2.28. The lowest BCUT2D eigenvalue weighted by molar-refractivity contribution is 0.416. The highest BCUT2D eigenvalue weighted by Gasteiger charge is 2.07. The van der Waals surface area contributed by atoms with Gasteiger partial charge in [0.25, 0.3) is 0 Å². The Morgan fingerprint density at radius 3 is 2.78 bits per heavy atom. The molecule has 2 aromatic rings. The summed E-state index contributed by atoms with van der Waals surface area (Å²) in [7, 11) is 1.64. The third-order valence-corrected chi connectivity index (χ3v) is 2.60. The van der Waals surface area contributed by atoms with Crippen molar-refractivity contribution in [1.82, 2.24) is 9.97 Å². The Labute approximate surface area is 106 Å². The number of nitrogens with zero attached hydrogens (tertiary/aromatic N) is 2. The van der Waals surface area contributed by atoms with Crippen LogP contribution in [0, 0.1) is 13.8 Å². The molecule has 1 heterocycles. The van der Waals surface area contributed by atoms with Crippen LogP contribution in [-0.2, 0) is 0 Å². The van der Waals surface area contributed by atoms with Gasteiger partial charge in [-0.15, -0.1) is 0 Å². The molecular weight excluding hydrogens is 228 g/mol. The van der Waals surface area contributed by atoms with E-state index < -0.39 is 0 Å². The number of benzene rings is 1. The minimum Gasteiger partial charge on any atom is -0.495 e. The van der Waals surface area contributed by atoms with Crippen molar-refractivity contribution in [3.63, 3.8) is 0 Å². The third-order valence-electron chi connectivity index (χ3n) is 2.60. The fourth-order valence-electron chi connectivity index (χ4n) is 1.63. The van der Waals surface area contributed by atoms with Crippen LogP contribution in [0.15, 0.2) is 24.4 Å². The van der Waals surface area contributed by atoms with E-state index in [1.54, 1.807) is 13.3 Å². The minimum absolute atomic E-state index is 0.245. The maximum Gasteiger partial charge on any atom is 0.221 e. The zero-order valence-electron chi connectivity index (χ0n) is 10.7. The lowest BCUT2D eigenvalue weighted by Gasteiger charge is -2.13. The molecule has 0 fully saturated rings. The predicted molar refractivity (Wildman–Crippen MR) is 72.2 cm³/mol. The number of hydrogen-bond donors (Lipinski definition) is 2. The first kappa shape index (κ1) is 12.2. The second-order valence-corrected chi connectivity index (χ2v) is 4.09. The van der Waals surface area contributed by atoms with E-state index in [9.17, 15) is 0 Å². The highest BCUT2D eigenvalue weighted by molar-refractivity contribution is 5.67. The molecule has 18 heavy (non-hydrogen) atoms. The van der Waals surface area contributed by atoms with Crippen LogP contribution in [0.3, 0.4) is 0 Å². The SMILES string of the molecule is COc1ccc(C)cc1Nc1nc(N)ncc1C. The van der Waals surface area contributed by atoms with Gasteiger partial charge in [-0.3, -0.25) is 0 Å². The van der Waals surface area contributed by atoms with Gasteiger partial charge in [-0.1, -0.05) is 6.07 Å². The van der Waals surface area contributed by atoms with Crippen LogP contribution in [0.2, 0.25) is 0 Å². The monoisotopic (exact) mass is 244 g/mol. The number of aromatic nitrogens is 2. The molecule has 94 valence electrons. The summed E-state index contributed by atoms with van der Waals surface area (Å²) in [5.41, 5.74) is 8.51. The summed E-state index contributed by atoms with van der Waals surface area (Å²) in [4.78, 5) is 8.11. The number of rotatable bonds is 3. The summed E-state index contributed by atoms with van der Waals surface area (Å²) < 4.78 is 5.31. The fourth-order valence-corrected chi connectivity index (χ4v) is 1.63. The van der Waals surface area contributed by atoms with Crippen molar-refractivity contribution in [2.45, 2.75) is 13.8 Å². The van der Waals surface area contributed by atoms with Gasteiger partial charge in [0.2, 0.25) is 5.95 Å². The van der Waals surface area contributed by atoms with Gasteiger partial charge in [0.15, 0.2) is 0 Å². The van der Waals surface area contributed by atoms with E-state index in [4.69, 9.17) is 10.5 Å². The molecule has 0 spiro atoms. The molecule has 5 nitrogen and oxygen atoms in total. The second kappa shape index (κ2) is 4.91. The summed E-state index contributed by atoms with van der Waals surface area (Å²) in [5.74, 6) is 1.69. The number of anilines is 3. The number of nitrogens with two attached hydrogens (primary N) is 1. The number of methoxy groups -OCH3 is 1. The molecule has 0 atom stereocenters. The molecule has 0 amide bonds. The van der Waals surface area contributed by atoms with E-state index in [1.165, 1.54) is 0 Å². The van der Waals surface area contributed by atoms with E-state index >= 15 is 0 Å². The lowest BCUT2D eigenvalue weighted by Crippen LogP contribution is -2.03. The Kier molecular flexibility index (Phi) is 3.32. The maximum atomic E-state index is 5.59. The van der Waals surface area contributed by atoms with Crippen molar-refractivity contribution in [3.05, 3.63) is 35.5 Å². The zero-order valence-corrected chi connectivity index (χ0v) is 10.7. The maximum absolute atomic E-state index is 5.59. The summed E-state index contributed by atoms with van der Waals surface area (Å²) in [6.45, 7) is 3.94. The molecule has 1 aromatic carbocycles. The first-order valence-electron chi connectivity index (χ1n) is 5.61. The van der Waals surface area contributed by atoms with Gasteiger partial charge in [0.05, 0.1) is 12.8 Å². The molecule has 2 rings (SSSR count). The smallest absolute Gasteiger partial charge is 0.221 e. The van der Waals surface area contributed by atoms with Gasteiger partial charge in [-0.05, 0) is 31.5 Å². The van der Waals surface area contributed by atoms with Gasteiger partial charge in [-0.2, -0.15) is 4.98 Å². The molecule has 0 saturated carbocycles. The van der Waals surface area contributed by atoms with E-state index in [1.807, 2.05) is 32.0 Å². The van der Waals surface area contributed by atoms with Gasteiger partial charge >= 0.3 is 0 Å². The Balaban J connectivity index is 2.38. The Morgan fingerprint density at radius 1 is 1.28 bits per heavy atom. The fraction of sp³-hybridized carbons (Fsp3) is 0.231. The molecule has 0 aliphatic carbocycles. The van der Waals surface area contributed by atoms with Gasteiger partial charge in [-0.25, -0.2) is 4.98 Å². The van der Waals surface area contributed by atoms with Crippen molar-refractivity contribution in [1.29, 1.82) is 0 Å². The lowest BCUT2D eigenvalue weighted by atomic mass is 10.2. The molecule has 3 N–H and O–H groups in total. The van der Waals surface area contributed by atoms with Crippen LogP contribution in [0.25, 0.3) is 0 Å². The molecule has 0 aliphatic heterocycles. The molecule has 0 saturated heterocycles. The van der Waals surface area contributed by atoms with Gasteiger partial charge in [0, 0.05) is 11.8 Å². The van der Waals surface area contributed by atoms with E-state index in [0.29, 0.717) is 5.82 Å². The molecule has 5 heteroatoms. The van der Waals surface area contributed by atoms with Crippen molar-refractivity contribution >= 4 is 17.5 Å². The molecule has 1 aromatic heterocycles. The molecular formula is C13H16N4O. The quantitative estimate of drug-likeness (QED) is 0.867. The standard InChI is InChI=1S/C13H16N4O/c1-8-4-5-11(18-3)10(6-8)16-12-9(2)7-15-13(14)17-12/h4-7H,1-3H3,(H3,14,15,16,17). The van der Waals surface area contributed by atoms with Crippen LogP contribution in [0.5, 0.6) is 5.75 Å².